The number of hydrogen-bond donors (Lipinski definition) is 1. The molecule has 3 aromatic rings. The van der Waals surface area contributed by atoms with E-state index in [9.17, 15) is 4.79 Å². The largest absolute Gasteiger partial charge is 0.496 e. The van der Waals surface area contributed by atoms with E-state index < -0.39 is 0 Å². The molecule has 1 N–H and O–H groups in total. The average molecular weight is 352 g/mol. The van der Waals surface area contributed by atoms with Crippen LogP contribution in [0.4, 0.5) is 0 Å². The summed E-state index contributed by atoms with van der Waals surface area (Å²) in [6.07, 6.45) is 0. The van der Waals surface area contributed by atoms with Crippen molar-refractivity contribution in [3.63, 3.8) is 0 Å². The third-order valence-corrected chi connectivity index (χ3v) is 3.76. The lowest BCUT2D eigenvalue weighted by molar-refractivity contribution is 0.0938. The zero-order chi connectivity index (χ0) is 18.4. The van der Waals surface area contributed by atoms with Gasteiger partial charge < -0.3 is 19.3 Å². The first kappa shape index (κ1) is 17.5. The first-order valence-corrected chi connectivity index (χ1v) is 8.25. The van der Waals surface area contributed by atoms with Gasteiger partial charge in [-0.1, -0.05) is 29.4 Å². The Bertz CT molecular complexity index is 889. The van der Waals surface area contributed by atoms with Gasteiger partial charge in [0.25, 0.3) is 5.91 Å². The molecule has 0 unspecified atom stereocenters. The lowest BCUT2D eigenvalue weighted by Gasteiger charge is -2.07. The normalized spacial score (nSPS) is 10.4. The fourth-order valence-corrected chi connectivity index (χ4v) is 2.49. The fourth-order valence-electron chi connectivity index (χ4n) is 2.49. The van der Waals surface area contributed by atoms with E-state index in [0.717, 1.165) is 16.9 Å². The highest BCUT2D eigenvalue weighted by atomic mass is 16.5. The molecule has 0 atom stereocenters. The zero-order valence-electron chi connectivity index (χ0n) is 14.7. The van der Waals surface area contributed by atoms with Crippen LogP contribution < -0.4 is 14.8 Å². The topological polar surface area (TPSA) is 73.6 Å². The van der Waals surface area contributed by atoms with Gasteiger partial charge in [0.05, 0.1) is 19.2 Å². The van der Waals surface area contributed by atoms with Crippen LogP contribution in [0.3, 0.4) is 0 Å². The predicted octanol–water partition coefficient (Wildman–Crippen LogP) is 3.47. The molecule has 134 valence electrons. The molecule has 1 heterocycles. The molecule has 0 spiro atoms. The van der Waals surface area contributed by atoms with Gasteiger partial charge in [0.2, 0.25) is 0 Å². The molecular formula is C20H20N2O4. The fraction of sp³-hybridized carbons (Fsp3) is 0.200. The molecule has 0 saturated carbocycles. The maximum atomic E-state index is 12.2. The third kappa shape index (κ3) is 4.22. The SMILES string of the molecule is COc1ccccc1-c1cc(C(=O)NCCOc2cccc(C)c2)no1. The van der Waals surface area contributed by atoms with Crippen molar-refractivity contribution in [3.05, 3.63) is 65.9 Å². The van der Waals surface area contributed by atoms with Crippen molar-refractivity contribution in [2.75, 3.05) is 20.3 Å². The summed E-state index contributed by atoms with van der Waals surface area (Å²) in [6.45, 7) is 2.73. The first-order chi connectivity index (χ1) is 12.7. The minimum atomic E-state index is -0.317. The Morgan fingerprint density at radius 1 is 1.15 bits per heavy atom. The summed E-state index contributed by atoms with van der Waals surface area (Å²) in [5.41, 5.74) is 2.07. The number of aryl methyl sites for hydroxylation is 1. The summed E-state index contributed by atoms with van der Waals surface area (Å²) in [7, 11) is 1.58. The van der Waals surface area contributed by atoms with Crippen molar-refractivity contribution >= 4 is 5.91 Å². The number of carbonyl (C=O) groups excluding carboxylic acids is 1. The van der Waals surface area contributed by atoms with Gasteiger partial charge in [-0.25, -0.2) is 0 Å². The van der Waals surface area contributed by atoms with Crippen LogP contribution in [0, 0.1) is 6.92 Å². The molecule has 0 aliphatic heterocycles. The number of carbonyl (C=O) groups is 1. The van der Waals surface area contributed by atoms with Crippen molar-refractivity contribution in [2.45, 2.75) is 6.92 Å². The first-order valence-electron chi connectivity index (χ1n) is 8.25. The molecule has 0 aliphatic rings. The Morgan fingerprint density at radius 3 is 2.81 bits per heavy atom. The number of para-hydroxylation sites is 1. The standard InChI is InChI=1S/C20H20N2O4/c1-14-6-5-7-15(12-14)25-11-10-21-20(23)17-13-19(26-22-17)16-8-3-4-9-18(16)24-2/h3-9,12-13H,10-11H2,1-2H3,(H,21,23). The number of rotatable bonds is 7. The van der Waals surface area contributed by atoms with Crippen molar-refractivity contribution in [1.29, 1.82) is 0 Å². The second-order valence-electron chi connectivity index (χ2n) is 5.70. The van der Waals surface area contributed by atoms with E-state index in [4.69, 9.17) is 14.0 Å². The lowest BCUT2D eigenvalue weighted by atomic mass is 10.1. The Hall–Kier alpha value is -3.28. The Kier molecular flexibility index (Phi) is 5.53. The van der Waals surface area contributed by atoms with Gasteiger partial charge in [-0.05, 0) is 36.8 Å². The smallest absolute Gasteiger partial charge is 0.273 e. The predicted molar refractivity (Wildman–Crippen MR) is 97.5 cm³/mol. The Labute approximate surface area is 151 Å². The molecule has 6 heteroatoms. The summed E-state index contributed by atoms with van der Waals surface area (Å²) in [5.74, 6) is 1.59. The van der Waals surface area contributed by atoms with Crippen LogP contribution in [0.25, 0.3) is 11.3 Å². The summed E-state index contributed by atoms with van der Waals surface area (Å²) >= 11 is 0. The second kappa shape index (κ2) is 8.20. The lowest BCUT2D eigenvalue weighted by Crippen LogP contribution is -2.28. The van der Waals surface area contributed by atoms with E-state index >= 15 is 0 Å². The van der Waals surface area contributed by atoms with E-state index in [1.807, 2.05) is 55.5 Å². The molecule has 26 heavy (non-hydrogen) atoms. The van der Waals surface area contributed by atoms with Crippen LogP contribution in [-0.2, 0) is 0 Å². The molecule has 6 nitrogen and oxygen atoms in total. The van der Waals surface area contributed by atoms with Crippen LogP contribution in [0.5, 0.6) is 11.5 Å². The molecular weight excluding hydrogens is 332 g/mol. The summed E-state index contributed by atoms with van der Waals surface area (Å²) in [4.78, 5) is 12.2. The van der Waals surface area contributed by atoms with Crippen molar-refractivity contribution in [3.8, 4) is 22.8 Å². The molecule has 0 bridgehead atoms. The van der Waals surface area contributed by atoms with E-state index in [0.29, 0.717) is 24.7 Å². The number of aromatic nitrogens is 1. The maximum absolute atomic E-state index is 12.2. The Morgan fingerprint density at radius 2 is 2.00 bits per heavy atom. The molecule has 3 rings (SSSR count). The van der Waals surface area contributed by atoms with Gasteiger partial charge in [0.15, 0.2) is 11.5 Å². The highest BCUT2D eigenvalue weighted by molar-refractivity contribution is 5.93. The van der Waals surface area contributed by atoms with E-state index in [-0.39, 0.29) is 11.6 Å². The number of nitrogens with one attached hydrogen (secondary N) is 1. The average Bonchev–Trinajstić information content (AvgIpc) is 3.15. The monoisotopic (exact) mass is 352 g/mol. The molecule has 0 fully saturated rings. The van der Waals surface area contributed by atoms with Gasteiger partial charge in [-0.2, -0.15) is 0 Å². The molecule has 0 saturated heterocycles. The van der Waals surface area contributed by atoms with Crippen molar-refractivity contribution < 1.29 is 18.8 Å². The minimum Gasteiger partial charge on any atom is -0.496 e. The molecule has 1 amide bonds. The van der Waals surface area contributed by atoms with E-state index in [2.05, 4.69) is 10.5 Å². The number of methoxy groups -OCH3 is 1. The molecule has 1 aromatic heterocycles. The van der Waals surface area contributed by atoms with Crippen molar-refractivity contribution in [1.82, 2.24) is 10.5 Å². The number of hydrogen-bond acceptors (Lipinski definition) is 5. The van der Waals surface area contributed by atoms with Gasteiger partial charge >= 0.3 is 0 Å². The highest BCUT2D eigenvalue weighted by Gasteiger charge is 2.15. The summed E-state index contributed by atoms with van der Waals surface area (Å²) in [6, 6.07) is 16.7. The zero-order valence-corrected chi connectivity index (χ0v) is 14.7. The number of amides is 1. The van der Waals surface area contributed by atoms with Crippen LogP contribution in [0.1, 0.15) is 16.1 Å². The van der Waals surface area contributed by atoms with Gasteiger partial charge in [0, 0.05) is 6.07 Å². The molecule has 2 aromatic carbocycles. The summed E-state index contributed by atoms with van der Waals surface area (Å²) in [5, 5.41) is 6.59. The number of ether oxygens (including phenoxy) is 2. The van der Waals surface area contributed by atoms with E-state index in [1.165, 1.54) is 0 Å². The van der Waals surface area contributed by atoms with Crippen LogP contribution in [0.15, 0.2) is 59.1 Å². The Balaban J connectivity index is 1.55. The van der Waals surface area contributed by atoms with Gasteiger partial charge in [-0.15, -0.1) is 0 Å². The minimum absolute atomic E-state index is 0.210. The number of benzene rings is 2. The van der Waals surface area contributed by atoms with Crippen LogP contribution >= 0.6 is 0 Å². The van der Waals surface area contributed by atoms with Crippen molar-refractivity contribution in [2.24, 2.45) is 0 Å². The second-order valence-corrected chi connectivity index (χ2v) is 5.70. The molecule has 0 radical (unpaired) electrons. The van der Waals surface area contributed by atoms with Gasteiger partial charge in [0.1, 0.15) is 18.1 Å². The van der Waals surface area contributed by atoms with Gasteiger partial charge in [-0.3, -0.25) is 4.79 Å². The van der Waals surface area contributed by atoms with E-state index in [1.54, 1.807) is 13.2 Å². The maximum Gasteiger partial charge on any atom is 0.273 e. The van der Waals surface area contributed by atoms with Crippen LogP contribution in [-0.4, -0.2) is 31.3 Å². The third-order valence-electron chi connectivity index (χ3n) is 3.76. The number of nitrogens with zero attached hydrogens (tertiary/aromatic N) is 1. The molecule has 0 aliphatic carbocycles. The van der Waals surface area contributed by atoms with Crippen LogP contribution in [0.2, 0.25) is 0 Å². The summed E-state index contributed by atoms with van der Waals surface area (Å²) < 4.78 is 16.2. The highest BCUT2D eigenvalue weighted by Crippen LogP contribution is 2.29. The quantitative estimate of drug-likeness (QED) is 0.659.